The van der Waals surface area contributed by atoms with Gasteiger partial charge >= 0.3 is 5.97 Å². The molecule has 0 saturated carbocycles. The van der Waals surface area contributed by atoms with Crippen molar-refractivity contribution < 1.29 is 19.5 Å². The molecular weight excluding hydrogens is 216 g/mol. The van der Waals surface area contributed by atoms with Crippen molar-refractivity contribution >= 4 is 17.7 Å². The highest BCUT2D eigenvalue weighted by atomic mass is 32.2. The molecule has 0 spiro atoms. The second-order valence-electron chi connectivity index (χ2n) is 4.10. The van der Waals surface area contributed by atoms with E-state index in [2.05, 4.69) is 0 Å². The predicted octanol–water partition coefficient (Wildman–Crippen LogP) is -0.452. The number of nitrogens with two attached hydrogens (primary N) is 1. The average Bonchev–Trinajstić information content (AvgIpc) is 2.13. The van der Waals surface area contributed by atoms with Crippen molar-refractivity contribution in [3.63, 3.8) is 0 Å². The molecule has 0 aliphatic carbocycles. The summed E-state index contributed by atoms with van der Waals surface area (Å²) in [5.41, 5.74) is 4.61. The fraction of sp³-hybridized carbons (Fsp3) is 0.889. The number of aliphatic hydroxyl groups is 1. The van der Waals surface area contributed by atoms with Gasteiger partial charge in [0.1, 0.15) is 6.54 Å². The minimum atomic E-state index is -1.33. The minimum absolute atomic E-state index is 0.0709. The van der Waals surface area contributed by atoms with Crippen LogP contribution in [-0.4, -0.2) is 65.6 Å². The number of likely N-dealkylation sites (N-methyl/N-ethyl adjacent to an activating group) is 1. The Bertz CT molecular complexity index is 223. The molecule has 0 aromatic heterocycles. The Balaban J connectivity index is 4.83. The molecule has 0 aliphatic heterocycles. The van der Waals surface area contributed by atoms with Crippen LogP contribution in [0.25, 0.3) is 0 Å². The number of hydrogen-bond acceptors (Lipinski definition) is 4. The summed E-state index contributed by atoms with van der Waals surface area (Å²) in [7, 11) is 3.45. The van der Waals surface area contributed by atoms with E-state index in [0.717, 1.165) is 0 Å². The first-order valence-electron chi connectivity index (χ1n) is 4.77. The third-order valence-electron chi connectivity index (χ3n) is 2.80. The van der Waals surface area contributed by atoms with Crippen LogP contribution in [0, 0.1) is 0 Å². The van der Waals surface area contributed by atoms with Crippen molar-refractivity contribution in [1.82, 2.24) is 0 Å². The highest BCUT2D eigenvalue weighted by Gasteiger charge is 2.48. The van der Waals surface area contributed by atoms with Gasteiger partial charge in [0, 0.05) is 12.2 Å². The smallest absolute Gasteiger partial charge is 0.382 e. The van der Waals surface area contributed by atoms with Gasteiger partial charge in [0.25, 0.3) is 0 Å². The molecule has 0 rings (SSSR count). The second kappa shape index (κ2) is 5.69. The Kier molecular flexibility index (Phi) is 5.58. The van der Waals surface area contributed by atoms with Gasteiger partial charge in [-0.3, -0.25) is 10.2 Å². The zero-order chi connectivity index (χ0) is 12.1. The number of carboxylic acids is 1. The second-order valence-corrected chi connectivity index (χ2v) is 5.09. The van der Waals surface area contributed by atoms with E-state index in [0.29, 0.717) is 18.7 Å². The average molecular weight is 237 g/mol. The van der Waals surface area contributed by atoms with Crippen molar-refractivity contribution in [1.29, 1.82) is 0 Å². The monoisotopic (exact) mass is 237 g/mol. The topological polar surface area (TPSA) is 83.6 Å². The first-order chi connectivity index (χ1) is 6.81. The third kappa shape index (κ3) is 3.34. The number of carboxylic acid groups (broad SMARTS) is 1. The number of quaternary nitrogens is 1. The van der Waals surface area contributed by atoms with E-state index >= 15 is 0 Å². The molecule has 1 atom stereocenters. The standard InChI is InChI=1S/C9H20N2O3S/c1-11(2,5-6-12)9(10,8(13)14)4-7-15-3/h12H,4-7,10H2,1-3H3/p+1. The summed E-state index contributed by atoms with van der Waals surface area (Å²) < 4.78 is 0.0827. The maximum Gasteiger partial charge on any atom is 0.382 e. The van der Waals surface area contributed by atoms with Gasteiger partial charge in [-0.1, -0.05) is 0 Å². The maximum atomic E-state index is 11.2. The molecule has 90 valence electrons. The van der Waals surface area contributed by atoms with E-state index in [4.69, 9.17) is 10.8 Å². The van der Waals surface area contributed by atoms with Gasteiger partial charge < -0.3 is 10.2 Å². The number of rotatable bonds is 7. The first kappa shape index (κ1) is 14.7. The normalized spacial score (nSPS) is 16.1. The molecular formula is C9H21N2O3S+. The maximum absolute atomic E-state index is 11.2. The van der Waals surface area contributed by atoms with Gasteiger partial charge in [0.05, 0.1) is 20.7 Å². The molecule has 0 radical (unpaired) electrons. The number of aliphatic hydroxyl groups excluding tert-OH is 1. The van der Waals surface area contributed by atoms with Crippen LogP contribution in [0.5, 0.6) is 0 Å². The van der Waals surface area contributed by atoms with Crippen molar-refractivity contribution in [2.75, 3.05) is 39.3 Å². The van der Waals surface area contributed by atoms with Crippen LogP contribution in [0.15, 0.2) is 0 Å². The largest absolute Gasteiger partial charge is 0.476 e. The van der Waals surface area contributed by atoms with E-state index in [9.17, 15) is 9.90 Å². The van der Waals surface area contributed by atoms with Crippen molar-refractivity contribution in [2.24, 2.45) is 5.73 Å². The zero-order valence-electron chi connectivity index (χ0n) is 9.56. The fourth-order valence-corrected chi connectivity index (χ4v) is 1.89. The van der Waals surface area contributed by atoms with E-state index in [1.165, 1.54) is 0 Å². The Morgan fingerprint density at radius 3 is 2.40 bits per heavy atom. The molecule has 0 aromatic rings. The summed E-state index contributed by atoms with van der Waals surface area (Å²) in [5, 5.41) is 18.1. The van der Waals surface area contributed by atoms with Crippen LogP contribution in [0.1, 0.15) is 6.42 Å². The number of nitrogens with zero attached hydrogens (tertiary/aromatic N) is 1. The van der Waals surface area contributed by atoms with Gasteiger partial charge in [-0.05, 0) is 6.26 Å². The van der Waals surface area contributed by atoms with Gasteiger partial charge in [-0.2, -0.15) is 11.8 Å². The molecule has 0 aliphatic rings. The molecule has 15 heavy (non-hydrogen) atoms. The van der Waals surface area contributed by atoms with Crippen molar-refractivity contribution in [3.8, 4) is 0 Å². The molecule has 0 bridgehead atoms. The van der Waals surface area contributed by atoms with Gasteiger partial charge in [-0.15, -0.1) is 0 Å². The summed E-state index contributed by atoms with van der Waals surface area (Å²) in [6, 6.07) is 0. The van der Waals surface area contributed by atoms with Crippen molar-refractivity contribution in [3.05, 3.63) is 0 Å². The Labute approximate surface area is 94.8 Å². The molecule has 0 amide bonds. The molecule has 0 saturated heterocycles. The lowest BCUT2D eigenvalue weighted by atomic mass is 10.0. The fourth-order valence-electron chi connectivity index (χ4n) is 1.38. The quantitative estimate of drug-likeness (QED) is 0.412. The summed E-state index contributed by atoms with van der Waals surface area (Å²) in [6.45, 7) is 0.260. The lowest BCUT2D eigenvalue weighted by Crippen LogP contribution is -2.70. The number of aliphatic carboxylic acids is 1. The highest BCUT2D eigenvalue weighted by molar-refractivity contribution is 7.98. The molecule has 0 heterocycles. The number of carbonyl (C=O) groups is 1. The Hall–Kier alpha value is -0.300. The predicted molar refractivity (Wildman–Crippen MR) is 61.6 cm³/mol. The lowest BCUT2D eigenvalue weighted by molar-refractivity contribution is -0.932. The molecule has 6 heteroatoms. The Morgan fingerprint density at radius 1 is 1.53 bits per heavy atom. The van der Waals surface area contributed by atoms with Crippen LogP contribution in [-0.2, 0) is 4.79 Å². The third-order valence-corrected chi connectivity index (χ3v) is 3.41. The molecule has 1 unspecified atom stereocenters. The number of thioether (sulfide) groups is 1. The van der Waals surface area contributed by atoms with Crippen LogP contribution >= 0.6 is 11.8 Å². The summed E-state index contributed by atoms with van der Waals surface area (Å²) in [5.74, 6) is -0.328. The van der Waals surface area contributed by atoms with Gasteiger partial charge in [0.2, 0.25) is 5.66 Å². The molecule has 0 fully saturated rings. The zero-order valence-corrected chi connectivity index (χ0v) is 10.4. The van der Waals surface area contributed by atoms with E-state index in [1.807, 2.05) is 6.26 Å². The summed E-state index contributed by atoms with van der Waals surface area (Å²) >= 11 is 1.56. The number of hydrogen-bond donors (Lipinski definition) is 3. The van der Waals surface area contributed by atoms with Crippen molar-refractivity contribution in [2.45, 2.75) is 12.1 Å². The lowest BCUT2D eigenvalue weighted by Gasteiger charge is -2.42. The van der Waals surface area contributed by atoms with Gasteiger partial charge in [-0.25, -0.2) is 4.79 Å². The van der Waals surface area contributed by atoms with Crippen LogP contribution in [0.2, 0.25) is 0 Å². The van der Waals surface area contributed by atoms with Crippen LogP contribution in [0.3, 0.4) is 0 Å². The molecule has 5 nitrogen and oxygen atoms in total. The van der Waals surface area contributed by atoms with E-state index in [1.54, 1.807) is 25.9 Å². The van der Waals surface area contributed by atoms with Crippen LogP contribution < -0.4 is 5.73 Å². The summed E-state index contributed by atoms with van der Waals surface area (Å²) in [4.78, 5) is 11.2. The molecule has 0 aromatic carbocycles. The first-order valence-corrected chi connectivity index (χ1v) is 6.16. The van der Waals surface area contributed by atoms with E-state index < -0.39 is 11.6 Å². The molecule has 4 N–H and O–H groups in total. The highest BCUT2D eigenvalue weighted by Crippen LogP contribution is 2.21. The summed E-state index contributed by atoms with van der Waals surface area (Å²) in [6.07, 6.45) is 2.30. The van der Waals surface area contributed by atoms with E-state index in [-0.39, 0.29) is 11.1 Å². The Morgan fingerprint density at radius 2 is 2.07 bits per heavy atom. The van der Waals surface area contributed by atoms with Gasteiger partial charge in [0.15, 0.2) is 0 Å². The SMILES string of the molecule is CSCCC(N)(C(=O)O)[N+](C)(C)CCO. The minimum Gasteiger partial charge on any atom is -0.476 e. The van der Waals surface area contributed by atoms with Crippen LogP contribution in [0.4, 0.5) is 0 Å².